The lowest BCUT2D eigenvalue weighted by Gasteiger charge is -2.16. The molecule has 0 N–H and O–H groups in total. The first kappa shape index (κ1) is 13.2. The van der Waals surface area contributed by atoms with Crippen molar-refractivity contribution in [2.24, 2.45) is 5.11 Å². The highest BCUT2D eigenvalue weighted by molar-refractivity contribution is 6.30. The van der Waals surface area contributed by atoms with Crippen LogP contribution < -0.4 is 0 Å². The quantitative estimate of drug-likeness (QED) is 0.117. The van der Waals surface area contributed by atoms with Gasteiger partial charge < -0.3 is 0 Å². The van der Waals surface area contributed by atoms with Gasteiger partial charge in [0.2, 0.25) is 0 Å². The Hall–Kier alpha value is -3.29. The van der Waals surface area contributed by atoms with Crippen molar-refractivity contribution >= 4 is 43.1 Å². The summed E-state index contributed by atoms with van der Waals surface area (Å²) in [5, 5.41) is 13.7. The summed E-state index contributed by atoms with van der Waals surface area (Å²) in [6.45, 7) is 0.366. The number of nitrogens with zero attached hydrogens (tertiary/aromatic N) is 3. The van der Waals surface area contributed by atoms with Gasteiger partial charge in [0.25, 0.3) is 0 Å². The molecule has 24 heavy (non-hydrogen) atoms. The lowest BCUT2D eigenvalue weighted by Crippen LogP contribution is -1.92. The van der Waals surface area contributed by atoms with Crippen LogP contribution >= 0.6 is 0 Å². The van der Waals surface area contributed by atoms with E-state index in [1.54, 1.807) is 0 Å². The van der Waals surface area contributed by atoms with E-state index in [0.717, 1.165) is 10.9 Å². The van der Waals surface area contributed by atoms with Gasteiger partial charge in [0.1, 0.15) is 0 Å². The van der Waals surface area contributed by atoms with Crippen LogP contribution in [0.4, 0.5) is 0 Å². The highest BCUT2D eigenvalue weighted by atomic mass is 15.1. The van der Waals surface area contributed by atoms with E-state index in [-0.39, 0.29) is 0 Å². The molecule has 0 fully saturated rings. The molecule has 0 unspecified atom stereocenters. The molecule has 0 spiro atoms. The molecule has 5 aromatic rings. The fraction of sp³-hybridized carbons (Fsp3) is 0.0476. The zero-order chi connectivity index (χ0) is 16.1. The first-order chi connectivity index (χ1) is 11.9. The van der Waals surface area contributed by atoms with E-state index in [1.807, 2.05) is 6.07 Å². The Labute approximate surface area is 138 Å². The van der Waals surface area contributed by atoms with E-state index in [9.17, 15) is 0 Å². The van der Waals surface area contributed by atoms with Gasteiger partial charge in [-0.3, -0.25) is 0 Å². The van der Waals surface area contributed by atoms with Crippen LogP contribution in [-0.4, -0.2) is 0 Å². The van der Waals surface area contributed by atoms with Crippen molar-refractivity contribution in [3.8, 4) is 0 Å². The average Bonchev–Trinajstić information content (AvgIpc) is 2.64. The minimum atomic E-state index is 0.366. The molecule has 0 aromatic heterocycles. The Morgan fingerprint density at radius 2 is 1.38 bits per heavy atom. The van der Waals surface area contributed by atoms with Gasteiger partial charge >= 0.3 is 0 Å². The lowest BCUT2D eigenvalue weighted by molar-refractivity contribution is 1.07. The maximum Gasteiger partial charge on any atom is 0.0523 e. The van der Waals surface area contributed by atoms with Gasteiger partial charge in [0.05, 0.1) is 6.54 Å². The van der Waals surface area contributed by atoms with Gasteiger partial charge in [-0.25, -0.2) is 0 Å². The Morgan fingerprint density at radius 1 is 0.667 bits per heavy atom. The molecule has 0 heterocycles. The van der Waals surface area contributed by atoms with Gasteiger partial charge in [-0.1, -0.05) is 71.8 Å². The molecule has 0 bridgehead atoms. The van der Waals surface area contributed by atoms with Crippen LogP contribution in [0.3, 0.4) is 0 Å². The van der Waals surface area contributed by atoms with Crippen molar-refractivity contribution < 1.29 is 0 Å². The number of hydrogen-bond acceptors (Lipinski definition) is 1. The summed E-state index contributed by atoms with van der Waals surface area (Å²) in [4.78, 5) is 2.97. The van der Waals surface area contributed by atoms with Gasteiger partial charge in [0.15, 0.2) is 0 Å². The molecule has 0 aliphatic carbocycles. The summed E-state index contributed by atoms with van der Waals surface area (Å²) in [6.07, 6.45) is 0. The Balaban J connectivity index is 2.14. The van der Waals surface area contributed by atoms with Gasteiger partial charge in [0, 0.05) is 4.91 Å². The van der Waals surface area contributed by atoms with Crippen molar-refractivity contribution in [2.45, 2.75) is 6.54 Å². The zero-order valence-electron chi connectivity index (χ0n) is 12.9. The van der Waals surface area contributed by atoms with Crippen LogP contribution in [0.15, 0.2) is 71.8 Å². The van der Waals surface area contributed by atoms with E-state index in [2.05, 4.69) is 70.7 Å². The monoisotopic (exact) mass is 307 g/mol. The van der Waals surface area contributed by atoms with Crippen molar-refractivity contribution in [3.63, 3.8) is 0 Å². The number of rotatable bonds is 2. The van der Waals surface area contributed by atoms with E-state index in [1.165, 1.54) is 37.7 Å². The molecule has 0 atom stereocenters. The minimum Gasteiger partial charge on any atom is -0.0892 e. The third kappa shape index (κ3) is 1.65. The summed E-state index contributed by atoms with van der Waals surface area (Å²) in [7, 11) is 0. The fourth-order valence-corrected chi connectivity index (χ4v) is 3.96. The molecule has 3 heteroatoms. The van der Waals surface area contributed by atoms with Crippen molar-refractivity contribution in [1.82, 2.24) is 0 Å². The molecule has 0 amide bonds. The van der Waals surface area contributed by atoms with E-state index in [4.69, 9.17) is 5.53 Å². The Morgan fingerprint density at radius 3 is 2.12 bits per heavy atom. The number of hydrogen-bond donors (Lipinski definition) is 0. The molecular weight excluding hydrogens is 294 g/mol. The van der Waals surface area contributed by atoms with Crippen LogP contribution in [0.25, 0.3) is 53.5 Å². The smallest absolute Gasteiger partial charge is 0.0523 e. The molecule has 0 saturated heterocycles. The Bertz CT molecular complexity index is 1260. The molecule has 5 aromatic carbocycles. The predicted molar refractivity (Wildman–Crippen MR) is 101 cm³/mol. The summed E-state index contributed by atoms with van der Waals surface area (Å²) >= 11 is 0. The third-order valence-corrected chi connectivity index (χ3v) is 4.94. The van der Waals surface area contributed by atoms with Crippen LogP contribution in [0.2, 0.25) is 0 Å². The van der Waals surface area contributed by atoms with Crippen LogP contribution in [0.1, 0.15) is 5.56 Å². The fourth-order valence-electron chi connectivity index (χ4n) is 3.96. The molecule has 3 nitrogen and oxygen atoms in total. The van der Waals surface area contributed by atoms with Crippen molar-refractivity contribution in [3.05, 3.63) is 82.7 Å². The molecule has 0 aliphatic rings. The summed E-state index contributed by atoms with van der Waals surface area (Å²) < 4.78 is 0. The molecule has 5 rings (SSSR count). The predicted octanol–water partition coefficient (Wildman–Crippen LogP) is 6.55. The highest BCUT2D eigenvalue weighted by Crippen LogP contribution is 2.40. The Kier molecular flexibility index (Phi) is 2.66. The standard InChI is InChI=1S/C21H13N3/c22-24-23-12-19-16-7-2-1-6-15(16)17-10-8-13-4-3-5-14-9-11-18(19)21(17)20(13)14/h1-11H,12H2. The van der Waals surface area contributed by atoms with E-state index >= 15 is 0 Å². The SMILES string of the molecule is [N-]=[N+]=NCc1c2ccccc2c2ccc3cccc4ccc1c2c43. The molecule has 0 radical (unpaired) electrons. The van der Waals surface area contributed by atoms with E-state index < -0.39 is 0 Å². The van der Waals surface area contributed by atoms with Gasteiger partial charge in [-0.2, -0.15) is 0 Å². The maximum absolute atomic E-state index is 8.80. The first-order valence-corrected chi connectivity index (χ1v) is 7.96. The normalized spacial score (nSPS) is 11.5. The molecule has 0 saturated carbocycles. The van der Waals surface area contributed by atoms with Crippen LogP contribution in [0, 0.1) is 0 Å². The lowest BCUT2D eigenvalue weighted by atomic mass is 9.88. The topological polar surface area (TPSA) is 48.8 Å². The summed E-state index contributed by atoms with van der Waals surface area (Å²) in [5.41, 5.74) is 9.91. The maximum atomic E-state index is 8.80. The second kappa shape index (κ2) is 4.85. The first-order valence-electron chi connectivity index (χ1n) is 7.96. The van der Waals surface area contributed by atoms with Gasteiger partial charge in [-0.05, 0) is 54.2 Å². The second-order valence-corrected chi connectivity index (χ2v) is 6.09. The third-order valence-electron chi connectivity index (χ3n) is 4.94. The summed E-state index contributed by atoms with van der Waals surface area (Å²) in [5.74, 6) is 0. The highest BCUT2D eigenvalue weighted by Gasteiger charge is 2.14. The minimum absolute atomic E-state index is 0.366. The number of benzene rings is 5. The largest absolute Gasteiger partial charge is 0.0892 e. The molecular formula is C21H13N3. The summed E-state index contributed by atoms with van der Waals surface area (Å²) in [6, 6.07) is 23.5. The van der Waals surface area contributed by atoms with Crippen molar-refractivity contribution in [2.75, 3.05) is 0 Å². The van der Waals surface area contributed by atoms with Crippen LogP contribution in [0.5, 0.6) is 0 Å². The van der Waals surface area contributed by atoms with Gasteiger partial charge in [-0.15, -0.1) is 0 Å². The van der Waals surface area contributed by atoms with E-state index in [0.29, 0.717) is 6.54 Å². The second-order valence-electron chi connectivity index (χ2n) is 6.09. The number of azide groups is 1. The molecule has 112 valence electrons. The average molecular weight is 307 g/mol. The number of fused-ring (bicyclic) bond motifs is 2. The van der Waals surface area contributed by atoms with Crippen molar-refractivity contribution in [1.29, 1.82) is 0 Å². The van der Waals surface area contributed by atoms with Crippen LogP contribution in [-0.2, 0) is 6.54 Å². The molecule has 0 aliphatic heterocycles. The zero-order valence-corrected chi connectivity index (χ0v) is 12.9.